The van der Waals surface area contributed by atoms with Gasteiger partial charge in [0.15, 0.2) is 0 Å². The summed E-state index contributed by atoms with van der Waals surface area (Å²) in [5.74, 6) is 0.785. The number of nitrogens with one attached hydrogen (secondary N) is 1. The molecule has 0 amide bonds. The molecule has 0 radical (unpaired) electrons. The van der Waals surface area contributed by atoms with Gasteiger partial charge in [-0.05, 0) is 46.5 Å². The minimum Gasteiger partial charge on any atom is -0.308 e. The Bertz CT molecular complexity index is 457. The summed E-state index contributed by atoms with van der Waals surface area (Å²) in [6, 6.07) is 0.659. The fourth-order valence-corrected chi connectivity index (χ4v) is 3.50. The summed E-state index contributed by atoms with van der Waals surface area (Å²) < 4.78 is 2.42. The molecule has 1 N–H and O–H groups in total. The summed E-state index contributed by atoms with van der Waals surface area (Å²) in [5, 5.41) is 8.46. The molecule has 118 valence electrons. The predicted molar refractivity (Wildman–Crippen MR) is 87.5 cm³/mol. The minimum atomic E-state index is 0.172. The lowest BCUT2D eigenvalue weighted by atomic mass is 10.1. The quantitative estimate of drug-likeness (QED) is 0.824. The molecule has 21 heavy (non-hydrogen) atoms. The van der Waals surface area contributed by atoms with E-state index in [1.54, 1.807) is 5.69 Å². The van der Waals surface area contributed by atoms with E-state index in [1.165, 1.54) is 56.9 Å². The average Bonchev–Trinajstić information content (AvgIpc) is 3.21. The highest BCUT2D eigenvalue weighted by Gasteiger charge is 2.32. The molecule has 3 nitrogen and oxygen atoms in total. The molecule has 2 fully saturated rings. The van der Waals surface area contributed by atoms with Crippen LogP contribution in [0.3, 0.4) is 0 Å². The van der Waals surface area contributed by atoms with E-state index < -0.39 is 0 Å². The number of nitrogens with zero attached hydrogens (tertiary/aromatic N) is 2. The Balaban J connectivity index is 1.78. The first-order valence-corrected chi connectivity index (χ1v) is 8.86. The minimum absolute atomic E-state index is 0.172. The smallest absolute Gasteiger partial charge is 0.0537 e. The largest absolute Gasteiger partial charge is 0.308 e. The molecule has 1 aromatic heterocycles. The Morgan fingerprint density at radius 3 is 2.33 bits per heavy atom. The highest BCUT2D eigenvalue weighted by atomic mass is 15.3. The normalized spacial score (nSPS) is 21.5. The Morgan fingerprint density at radius 2 is 1.76 bits per heavy atom. The summed E-state index contributed by atoms with van der Waals surface area (Å²) in [7, 11) is 0. The highest BCUT2D eigenvalue weighted by Crippen LogP contribution is 2.43. The molecule has 0 aromatic carbocycles. The van der Waals surface area contributed by atoms with E-state index in [0.29, 0.717) is 6.04 Å². The zero-order valence-electron chi connectivity index (χ0n) is 14.0. The van der Waals surface area contributed by atoms with Gasteiger partial charge in [-0.1, -0.05) is 25.7 Å². The fraction of sp³-hybridized carbons (Fsp3) is 0.833. The van der Waals surface area contributed by atoms with Gasteiger partial charge in [-0.3, -0.25) is 4.68 Å². The summed E-state index contributed by atoms with van der Waals surface area (Å²) >= 11 is 0. The van der Waals surface area contributed by atoms with Crippen molar-refractivity contribution in [3.05, 3.63) is 17.5 Å². The van der Waals surface area contributed by atoms with Gasteiger partial charge < -0.3 is 5.32 Å². The van der Waals surface area contributed by atoms with Crippen molar-refractivity contribution >= 4 is 0 Å². The molecule has 0 spiro atoms. The topological polar surface area (TPSA) is 29.9 Å². The van der Waals surface area contributed by atoms with E-state index in [-0.39, 0.29) is 5.54 Å². The van der Waals surface area contributed by atoms with Crippen LogP contribution in [0, 0.1) is 0 Å². The van der Waals surface area contributed by atoms with E-state index >= 15 is 0 Å². The third-order valence-electron chi connectivity index (χ3n) is 4.86. The zero-order chi connectivity index (χ0) is 14.9. The van der Waals surface area contributed by atoms with E-state index in [4.69, 9.17) is 5.10 Å². The van der Waals surface area contributed by atoms with Crippen LogP contribution >= 0.6 is 0 Å². The number of hydrogen-bond donors (Lipinski definition) is 1. The van der Waals surface area contributed by atoms with Crippen molar-refractivity contribution < 1.29 is 0 Å². The maximum atomic E-state index is 4.82. The van der Waals surface area contributed by atoms with Crippen molar-refractivity contribution in [2.45, 2.75) is 96.2 Å². The van der Waals surface area contributed by atoms with Crippen LogP contribution in [0.15, 0.2) is 6.20 Å². The van der Waals surface area contributed by atoms with Crippen LogP contribution in [0.1, 0.15) is 95.4 Å². The first kappa shape index (κ1) is 15.1. The van der Waals surface area contributed by atoms with Gasteiger partial charge in [0, 0.05) is 29.3 Å². The molecule has 1 aromatic rings. The molecular weight excluding hydrogens is 258 g/mol. The van der Waals surface area contributed by atoms with Crippen molar-refractivity contribution in [3.63, 3.8) is 0 Å². The van der Waals surface area contributed by atoms with Crippen LogP contribution in [0.4, 0.5) is 0 Å². The van der Waals surface area contributed by atoms with Crippen LogP contribution in [0.5, 0.6) is 0 Å². The molecule has 3 heteroatoms. The Kier molecular flexibility index (Phi) is 4.39. The predicted octanol–water partition coefficient (Wildman–Crippen LogP) is 4.54. The average molecular weight is 289 g/mol. The van der Waals surface area contributed by atoms with Gasteiger partial charge in [-0.15, -0.1) is 0 Å². The van der Waals surface area contributed by atoms with E-state index in [1.807, 2.05) is 0 Å². The van der Waals surface area contributed by atoms with Gasteiger partial charge in [0.2, 0.25) is 0 Å². The second kappa shape index (κ2) is 6.12. The van der Waals surface area contributed by atoms with Crippen molar-refractivity contribution in [2.75, 3.05) is 0 Å². The molecule has 0 aliphatic heterocycles. The summed E-state index contributed by atoms with van der Waals surface area (Å²) in [4.78, 5) is 0. The fourth-order valence-electron chi connectivity index (χ4n) is 3.50. The lowest BCUT2D eigenvalue weighted by molar-refractivity contribution is 0.390. The molecule has 2 aliphatic rings. The molecule has 1 heterocycles. The van der Waals surface area contributed by atoms with Crippen LogP contribution in [0.2, 0.25) is 0 Å². The third kappa shape index (κ3) is 3.88. The van der Waals surface area contributed by atoms with E-state index in [9.17, 15) is 0 Å². The maximum Gasteiger partial charge on any atom is 0.0537 e. The van der Waals surface area contributed by atoms with Gasteiger partial charge >= 0.3 is 0 Å². The number of aromatic nitrogens is 2. The molecule has 2 saturated carbocycles. The van der Waals surface area contributed by atoms with Gasteiger partial charge in [0.25, 0.3) is 0 Å². The Labute approximate surface area is 129 Å². The lowest BCUT2D eigenvalue weighted by Gasteiger charge is -2.22. The Morgan fingerprint density at radius 1 is 1.10 bits per heavy atom. The standard InChI is InChI=1S/C18H31N3/c1-18(2,3)19-12-15-13-20-21(17(15)14-10-11-14)16-8-6-4-5-7-9-16/h13-14,16,19H,4-12H2,1-3H3. The van der Waals surface area contributed by atoms with E-state index in [0.717, 1.165) is 12.5 Å². The molecule has 2 aliphatic carbocycles. The molecule has 0 atom stereocenters. The summed E-state index contributed by atoms with van der Waals surface area (Å²) in [6.45, 7) is 7.67. The van der Waals surface area contributed by atoms with Gasteiger partial charge in [0.05, 0.1) is 12.2 Å². The third-order valence-corrected chi connectivity index (χ3v) is 4.86. The SMILES string of the molecule is CC(C)(C)NCc1cnn(C2CCCCCC2)c1C1CC1. The van der Waals surface area contributed by atoms with Crippen LogP contribution in [-0.4, -0.2) is 15.3 Å². The lowest BCUT2D eigenvalue weighted by Crippen LogP contribution is -2.35. The van der Waals surface area contributed by atoms with Gasteiger partial charge in [0.1, 0.15) is 0 Å². The van der Waals surface area contributed by atoms with Crippen molar-refractivity contribution in [1.82, 2.24) is 15.1 Å². The first-order chi connectivity index (χ1) is 10.0. The number of rotatable bonds is 4. The monoisotopic (exact) mass is 289 g/mol. The first-order valence-electron chi connectivity index (χ1n) is 8.86. The van der Waals surface area contributed by atoms with Crippen LogP contribution in [0.25, 0.3) is 0 Å². The maximum absolute atomic E-state index is 4.82. The number of hydrogen-bond acceptors (Lipinski definition) is 2. The second-order valence-electron chi connectivity index (χ2n) is 8.02. The zero-order valence-corrected chi connectivity index (χ0v) is 14.0. The van der Waals surface area contributed by atoms with Crippen molar-refractivity contribution in [2.24, 2.45) is 0 Å². The van der Waals surface area contributed by atoms with Gasteiger partial charge in [-0.2, -0.15) is 5.10 Å². The second-order valence-corrected chi connectivity index (χ2v) is 8.02. The van der Waals surface area contributed by atoms with Crippen LogP contribution in [-0.2, 0) is 6.54 Å². The summed E-state index contributed by atoms with van der Waals surface area (Å²) in [6.07, 6.45) is 13.1. The van der Waals surface area contributed by atoms with Gasteiger partial charge in [-0.25, -0.2) is 0 Å². The molecular formula is C18H31N3. The Hall–Kier alpha value is -0.830. The van der Waals surface area contributed by atoms with E-state index in [2.05, 4.69) is 37.0 Å². The summed E-state index contributed by atoms with van der Waals surface area (Å²) in [5.41, 5.74) is 3.17. The molecule has 3 rings (SSSR count). The molecule has 0 saturated heterocycles. The van der Waals surface area contributed by atoms with Crippen molar-refractivity contribution in [3.8, 4) is 0 Å². The molecule has 0 unspecified atom stereocenters. The van der Waals surface area contributed by atoms with Crippen LogP contribution < -0.4 is 5.32 Å². The molecule has 0 bridgehead atoms. The highest BCUT2D eigenvalue weighted by molar-refractivity contribution is 5.26. The van der Waals surface area contributed by atoms with Crippen molar-refractivity contribution in [1.29, 1.82) is 0 Å².